The van der Waals surface area contributed by atoms with Gasteiger partial charge in [0.25, 0.3) is 0 Å². The summed E-state index contributed by atoms with van der Waals surface area (Å²) in [5.41, 5.74) is 0.615. The molecule has 2 bridgehead atoms. The number of fused-ring (bicyclic) bond motifs is 2. The fourth-order valence-corrected chi connectivity index (χ4v) is 5.10. The second-order valence-corrected chi connectivity index (χ2v) is 8.14. The van der Waals surface area contributed by atoms with Crippen LogP contribution in [0.15, 0.2) is 0 Å². The fourth-order valence-electron chi connectivity index (χ4n) is 5.10. The fraction of sp³-hybridized carbons (Fsp3) is 1.00. The molecule has 2 heteroatoms. The standard InChI is InChI=1S/C18H33NO/c1-14(2)12-19-13-18(8-7-17-4-3-9-20-17)11-15-5-6-16(18)10-15/h14-17,19H,3-13H2,1-2H3. The third-order valence-corrected chi connectivity index (χ3v) is 6.12. The van der Waals surface area contributed by atoms with E-state index in [0.29, 0.717) is 11.5 Å². The van der Waals surface area contributed by atoms with Crippen LogP contribution in [0, 0.1) is 23.2 Å². The lowest BCUT2D eigenvalue weighted by atomic mass is 9.69. The van der Waals surface area contributed by atoms with Gasteiger partial charge in [0.2, 0.25) is 0 Å². The molecule has 3 fully saturated rings. The molecule has 1 aliphatic heterocycles. The van der Waals surface area contributed by atoms with Gasteiger partial charge in [-0.05, 0) is 74.7 Å². The average Bonchev–Trinajstić information content (AvgIpc) is 3.13. The van der Waals surface area contributed by atoms with Crippen molar-refractivity contribution < 1.29 is 4.74 Å². The molecule has 1 saturated heterocycles. The van der Waals surface area contributed by atoms with Gasteiger partial charge in [-0.3, -0.25) is 0 Å². The van der Waals surface area contributed by atoms with E-state index >= 15 is 0 Å². The highest BCUT2D eigenvalue weighted by Gasteiger charge is 2.50. The lowest BCUT2D eigenvalue weighted by molar-refractivity contribution is 0.0691. The summed E-state index contributed by atoms with van der Waals surface area (Å²) in [5, 5.41) is 3.79. The van der Waals surface area contributed by atoms with Crippen LogP contribution < -0.4 is 5.32 Å². The molecule has 4 atom stereocenters. The van der Waals surface area contributed by atoms with Crippen LogP contribution in [0.5, 0.6) is 0 Å². The molecular weight excluding hydrogens is 246 g/mol. The molecule has 2 saturated carbocycles. The first kappa shape index (κ1) is 14.8. The molecule has 1 N–H and O–H groups in total. The smallest absolute Gasteiger partial charge is 0.0576 e. The molecule has 1 heterocycles. The van der Waals surface area contributed by atoms with E-state index in [0.717, 1.165) is 24.4 Å². The third kappa shape index (κ3) is 3.22. The Balaban J connectivity index is 1.55. The van der Waals surface area contributed by atoms with Crippen LogP contribution in [0.1, 0.15) is 65.2 Å². The summed E-state index contributed by atoms with van der Waals surface area (Å²) < 4.78 is 5.86. The first-order valence-corrected chi connectivity index (χ1v) is 9.00. The largest absolute Gasteiger partial charge is 0.378 e. The summed E-state index contributed by atoms with van der Waals surface area (Å²) in [6.07, 6.45) is 11.9. The van der Waals surface area contributed by atoms with E-state index < -0.39 is 0 Å². The highest BCUT2D eigenvalue weighted by molar-refractivity contribution is 5.01. The molecule has 0 aromatic carbocycles. The van der Waals surface area contributed by atoms with Crippen molar-refractivity contribution >= 4 is 0 Å². The van der Waals surface area contributed by atoms with Crippen molar-refractivity contribution in [1.82, 2.24) is 5.32 Å². The molecule has 0 aromatic heterocycles. The number of hydrogen-bond acceptors (Lipinski definition) is 2. The van der Waals surface area contributed by atoms with Crippen LogP contribution in [0.4, 0.5) is 0 Å². The molecule has 0 amide bonds. The van der Waals surface area contributed by atoms with Crippen molar-refractivity contribution in [2.45, 2.75) is 71.3 Å². The predicted molar refractivity (Wildman–Crippen MR) is 83.8 cm³/mol. The van der Waals surface area contributed by atoms with Crippen LogP contribution in [-0.4, -0.2) is 25.8 Å². The molecule has 2 nitrogen and oxygen atoms in total. The first-order valence-electron chi connectivity index (χ1n) is 9.00. The Hall–Kier alpha value is -0.0800. The third-order valence-electron chi connectivity index (χ3n) is 6.12. The maximum Gasteiger partial charge on any atom is 0.0576 e. The normalized spacial score (nSPS) is 40.0. The zero-order valence-electron chi connectivity index (χ0n) is 13.5. The lowest BCUT2D eigenvalue weighted by Gasteiger charge is -2.39. The summed E-state index contributed by atoms with van der Waals surface area (Å²) in [7, 11) is 0. The van der Waals surface area contributed by atoms with Crippen molar-refractivity contribution in [1.29, 1.82) is 0 Å². The Morgan fingerprint density at radius 1 is 1.25 bits per heavy atom. The molecule has 0 radical (unpaired) electrons. The van der Waals surface area contributed by atoms with Gasteiger partial charge in [0.05, 0.1) is 6.10 Å². The van der Waals surface area contributed by atoms with Crippen molar-refractivity contribution in [3.63, 3.8) is 0 Å². The van der Waals surface area contributed by atoms with Crippen LogP contribution in [-0.2, 0) is 4.74 Å². The first-order chi connectivity index (χ1) is 9.68. The molecule has 0 aromatic rings. The second kappa shape index (κ2) is 6.36. The molecule has 3 aliphatic rings. The molecule has 20 heavy (non-hydrogen) atoms. The van der Waals surface area contributed by atoms with E-state index in [-0.39, 0.29) is 0 Å². The van der Waals surface area contributed by atoms with Gasteiger partial charge in [-0.1, -0.05) is 20.3 Å². The van der Waals surface area contributed by atoms with Gasteiger partial charge in [0.15, 0.2) is 0 Å². The zero-order valence-corrected chi connectivity index (χ0v) is 13.5. The molecule has 0 spiro atoms. The SMILES string of the molecule is CC(C)CNCC1(CCC2CCCO2)CC2CCC1C2. The lowest BCUT2D eigenvalue weighted by Crippen LogP contribution is -2.40. The predicted octanol–water partition coefficient (Wildman–Crippen LogP) is 4.00. The van der Waals surface area contributed by atoms with Gasteiger partial charge in [0.1, 0.15) is 0 Å². The molecule has 2 aliphatic carbocycles. The van der Waals surface area contributed by atoms with E-state index in [1.165, 1.54) is 64.5 Å². The summed E-state index contributed by atoms with van der Waals surface area (Å²) >= 11 is 0. The monoisotopic (exact) mass is 279 g/mol. The van der Waals surface area contributed by atoms with Crippen LogP contribution in [0.3, 0.4) is 0 Å². The quantitative estimate of drug-likeness (QED) is 0.760. The Morgan fingerprint density at radius 3 is 2.75 bits per heavy atom. The zero-order chi connectivity index (χ0) is 14.0. The van der Waals surface area contributed by atoms with Crippen molar-refractivity contribution in [3.05, 3.63) is 0 Å². The summed E-state index contributed by atoms with van der Waals surface area (Å²) in [5.74, 6) is 2.82. The van der Waals surface area contributed by atoms with Crippen LogP contribution in [0.2, 0.25) is 0 Å². The van der Waals surface area contributed by atoms with E-state index in [9.17, 15) is 0 Å². The summed E-state index contributed by atoms with van der Waals surface area (Å²) in [6, 6.07) is 0. The van der Waals surface area contributed by atoms with Gasteiger partial charge in [-0.15, -0.1) is 0 Å². The van der Waals surface area contributed by atoms with Crippen molar-refractivity contribution in [2.75, 3.05) is 19.7 Å². The summed E-state index contributed by atoms with van der Waals surface area (Å²) in [4.78, 5) is 0. The maximum atomic E-state index is 5.86. The van der Waals surface area contributed by atoms with Crippen LogP contribution in [0.25, 0.3) is 0 Å². The van der Waals surface area contributed by atoms with Crippen molar-refractivity contribution in [3.8, 4) is 0 Å². The highest BCUT2D eigenvalue weighted by atomic mass is 16.5. The van der Waals surface area contributed by atoms with E-state index in [4.69, 9.17) is 4.74 Å². The number of hydrogen-bond donors (Lipinski definition) is 1. The minimum Gasteiger partial charge on any atom is -0.378 e. The number of rotatable bonds is 7. The van der Waals surface area contributed by atoms with Gasteiger partial charge in [-0.25, -0.2) is 0 Å². The molecule has 4 unspecified atom stereocenters. The maximum absolute atomic E-state index is 5.86. The summed E-state index contributed by atoms with van der Waals surface area (Å²) in [6.45, 7) is 8.08. The van der Waals surface area contributed by atoms with E-state index in [1.54, 1.807) is 0 Å². The molecule has 3 rings (SSSR count). The Kier molecular flexibility index (Phi) is 4.72. The second-order valence-electron chi connectivity index (χ2n) is 8.14. The average molecular weight is 279 g/mol. The topological polar surface area (TPSA) is 21.3 Å². The minimum absolute atomic E-state index is 0.580. The van der Waals surface area contributed by atoms with E-state index in [2.05, 4.69) is 19.2 Å². The highest BCUT2D eigenvalue weighted by Crippen LogP contribution is 2.58. The molecular formula is C18H33NO. The van der Waals surface area contributed by atoms with E-state index in [1.807, 2.05) is 0 Å². The minimum atomic E-state index is 0.580. The van der Waals surface area contributed by atoms with Crippen LogP contribution >= 0.6 is 0 Å². The van der Waals surface area contributed by atoms with Gasteiger partial charge < -0.3 is 10.1 Å². The number of nitrogens with one attached hydrogen (secondary N) is 1. The van der Waals surface area contributed by atoms with Gasteiger partial charge in [-0.2, -0.15) is 0 Å². The Morgan fingerprint density at radius 2 is 2.15 bits per heavy atom. The van der Waals surface area contributed by atoms with Gasteiger partial charge >= 0.3 is 0 Å². The Labute approximate surface area is 125 Å². The molecule has 116 valence electrons. The number of ether oxygens (including phenoxy) is 1. The van der Waals surface area contributed by atoms with Gasteiger partial charge in [0, 0.05) is 13.2 Å². The Bertz CT molecular complexity index is 311. The van der Waals surface area contributed by atoms with Crippen molar-refractivity contribution in [2.24, 2.45) is 23.2 Å².